The molecular formula is C18H24F3N3O5. The predicted octanol–water partition coefficient (Wildman–Crippen LogP) is 1.45. The highest BCUT2D eigenvalue weighted by Crippen LogP contribution is 2.34. The fourth-order valence-corrected chi connectivity index (χ4v) is 3.44. The average Bonchev–Trinajstić information content (AvgIpc) is 3.11. The van der Waals surface area contributed by atoms with Crippen LogP contribution in [0.25, 0.3) is 0 Å². The average molecular weight is 419 g/mol. The maximum absolute atomic E-state index is 11.7. The molecule has 3 heterocycles. The van der Waals surface area contributed by atoms with Gasteiger partial charge in [0.2, 0.25) is 11.8 Å². The number of carbonyl (C=O) groups excluding carboxylic acids is 1. The third kappa shape index (κ3) is 6.29. The molecule has 11 heteroatoms. The molecule has 1 amide bonds. The van der Waals surface area contributed by atoms with Crippen molar-refractivity contribution >= 4 is 11.9 Å². The number of alkyl halides is 3. The van der Waals surface area contributed by atoms with Gasteiger partial charge in [-0.3, -0.25) is 9.69 Å². The highest BCUT2D eigenvalue weighted by atomic mass is 19.4. The van der Waals surface area contributed by atoms with Gasteiger partial charge in [-0.1, -0.05) is 6.07 Å². The van der Waals surface area contributed by atoms with Gasteiger partial charge < -0.3 is 19.9 Å². The fraction of sp³-hybridized carbons (Fsp3) is 0.611. The molecule has 0 spiro atoms. The number of hydrogen-bond donors (Lipinski definition) is 2. The maximum Gasteiger partial charge on any atom is 0.490 e. The summed E-state index contributed by atoms with van der Waals surface area (Å²) in [4.78, 5) is 27.2. The SMILES string of the molecule is CNC(=O)[C@H]1C[C@@H]2CCN(Cc3cccnc3OC)C[C@H]2O1.O=C(O)C(F)(F)F. The Kier molecular flexibility index (Phi) is 7.80. The second kappa shape index (κ2) is 9.88. The van der Waals surface area contributed by atoms with E-state index in [2.05, 4.69) is 15.2 Å². The Balaban J connectivity index is 0.000000370. The summed E-state index contributed by atoms with van der Waals surface area (Å²) in [5.41, 5.74) is 1.09. The number of carbonyl (C=O) groups is 2. The molecule has 2 N–H and O–H groups in total. The first-order valence-corrected chi connectivity index (χ1v) is 9.03. The van der Waals surface area contributed by atoms with Gasteiger partial charge in [0.05, 0.1) is 13.2 Å². The highest BCUT2D eigenvalue weighted by molar-refractivity contribution is 5.80. The van der Waals surface area contributed by atoms with Crippen molar-refractivity contribution in [2.45, 2.75) is 37.8 Å². The van der Waals surface area contributed by atoms with Crippen molar-refractivity contribution in [3.05, 3.63) is 23.9 Å². The molecule has 0 aromatic carbocycles. The number of carboxylic acid groups (broad SMARTS) is 1. The van der Waals surface area contributed by atoms with Crippen molar-refractivity contribution in [2.24, 2.45) is 5.92 Å². The number of likely N-dealkylation sites (tertiary alicyclic amines) is 1. The van der Waals surface area contributed by atoms with E-state index in [1.54, 1.807) is 20.4 Å². The van der Waals surface area contributed by atoms with Crippen molar-refractivity contribution in [3.8, 4) is 5.88 Å². The number of nitrogens with zero attached hydrogens (tertiary/aromatic N) is 2. The quantitative estimate of drug-likeness (QED) is 0.762. The molecule has 1 aromatic heterocycles. The summed E-state index contributed by atoms with van der Waals surface area (Å²) in [7, 11) is 3.31. The summed E-state index contributed by atoms with van der Waals surface area (Å²) >= 11 is 0. The molecular weight excluding hydrogens is 395 g/mol. The number of fused-ring (bicyclic) bond motifs is 1. The summed E-state index contributed by atoms with van der Waals surface area (Å²) in [6.45, 7) is 2.67. The zero-order valence-corrected chi connectivity index (χ0v) is 16.1. The molecule has 0 aliphatic carbocycles. The minimum absolute atomic E-state index is 0.00474. The van der Waals surface area contributed by atoms with Crippen LogP contribution in [0.15, 0.2) is 18.3 Å². The second-order valence-corrected chi connectivity index (χ2v) is 6.77. The van der Waals surface area contributed by atoms with Crippen LogP contribution >= 0.6 is 0 Å². The number of piperidine rings is 1. The number of ether oxygens (including phenoxy) is 2. The lowest BCUT2D eigenvalue weighted by Crippen LogP contribution is -2.42. The molecule has 29 heavy (non-hydrogen) atoms. The third-order valence-electron chi connectivity index (χ3n) is 4.85. The van der Waals surface area contributed by atoms with Crippen LogP contribution < -0.4 is 10.1 Å². The number of pyridine rings is 1. The molecule has 2 fully saturated rings. The van der Waals surface area contributed by atoms with Crippen molar-refractivity contribution in [1.82, 2.24) is 15.2 Å². The van der Waals surface area contributed by atoms with Crippen LogP contribution in [0.2, 0.25) is 0 Å². The number of methoxy groups -OCH3 is 1. The van der Waals surface area contributed by atoms with E-state index < -0.39 is 12.1 Å². The van der Waals surface area contributed by atoms with Crippen molar-refractivity contribution in [2.75, 3.05) is 27.2 Å². The number of nitrogens with one attached hydrogen (secondary N) is 1. The summed E-state index contributed by atoms with van der Waals surface area (Å²) < 4.78 is 43.0. The number of halogens is 3. The van der Waals surface area contributed by atoms with Gasteiger partial charge in [-0.25, -0.2) is 9.78 Å². The monoisotopic (exact) mass is 419 g/mol. The maximum atomic E-state index is 11.7. The molecule has 0 bridgehead atoms. The van der Waals surface area contributed by atoms with Gasteiger partial charge in [0.25, 0.3) is 0 Å². The standard InChI is InChI=1S/C16H23N3O3.C2HF3O2/c1-17-15(20)13-8-11-5-7-19(10-14(11)22-13)9-12-4-3-6-18-16(12)21-2;3-2(4,5)1(6)7/h3-4,6,11,13-14H,5,7-10H2,1-2H3,(H,17,20);(H,6,7)/t11-,13+,14+;/m0./s1. The van der Waals surface area contributed by atoms with Gasteiger partial charge in [-0.2, -0.15) is 13.2 Å². The first kappa shape index (κ1) is 22.9. The Hall–Kier alpha value is -2.40. The number of carboxylic acids is 1. The topological polar surface area (TPSA) is 101 Å². The lowest BCUT2D eigenvalue weighted by molar-refractivity contribution is -0.192. The normalized spacial score (nSPS) is 24.1. The van der Waals surface area contributed by atoms with E-state index in [1.807, 2.05) is 12.1 Å². The van der Waals surface area contributed by atoms with E-state index in [0.717, 1.165) is 38.0 Å². The van der Waals surface area contributed by atoms with Crippen molar-refractivity contribution in [1.29, 1.82) is 0 Å². The van der Waals surface area contributed by atoms with Crippen LogP contribution in [0.3, 0.4) is 0 Å². The van der Waals surface area contributed by atoms with E-state index in [4.69, 9.17) is 19.4 Å². The zero-order chi connectivity index (χ0) is 21.6. The van der Waals surface area contributed by atoms with Crippen LogP contribution in [0, 0.1) is 5.92 Å². The molecule has 2 aliphatic rings. The number of likely N-dealkylation sites (N-methyl/N-ethyl adjacent to an activating group) is 1. The van der Waals surface area contributed by atoms with Crippen molar-refractivity contribution in [3.63, 3.8) is 0 Å². The molecule has 3 rings (SSSR count). The van der Waals surface area contributed by atoms with Crippen LogP contribution in [0.4, 0.5) is 13.2 Å². The summed E-state index contributed by atoms with van der Waals surface area (Å²) in [5, 5.41) is 9.81. The summed E-state index contributed by atoms with van der Waals surface area (Å²) in [5.74, 6) is -1.59. The Morgan fingerprint density at radius 1 is 1.45 bits per heavy atom. The third-order valence-corrected chi connectivity index (χ3v) is 4.85. The summed E-state index contributed by atoms with van der Waals surface area (Å²) in [6.07, 6.45) is -1.57. The van der Waals surface area contributed by atoms with E-state index in [-0.39, 0.29) is 18.1 Å². The van der Waals surface area contributed by atoms with E-state index >= 15 is 0 Å². The van der Waals surface area contributed by atoms with Crippen LogP contribution in [-0.2, 0) is 20.9 Å². The number of amides is 1. The smallest absolute Gasteiger partial charge is 0.481 e. The van der Waals surface area contributed by atoms with Gasteiger partial charge in [0, 0.05) is 31.9 Å². The molecule has 2 saturated heterocycles. The zero-order valence-electron chi connectivity index (χ0n) is 16.1. The summed E-state index contributed by atoms with van der Waals surface area (Å²) in [6, 6.07) is 3.97. The number of rotatable bonds is 4. The van der Waals surface area contributed by atoms with Crippen molar-refractivity contribution < 1.29 is 37.3 Å². The van der Waals surface area contributed by atoms with Gasteiger partial charge in [-0.05, 0) is 31.4 Å². The molecule has 0 saturated carbocycles. The van der Waals surface area contributed by atoms with E-state index in [1.165, 1.54) is 0 Å². The first-order chi connectivity index (χ1) is 13.7. The molecule has 0 unspecified atom stereocenters. The van der Waals surface area contributed by atoms with Crippen LogP contribution in [0.5, 0.6) is 5.88 Å². The van der Waals surface area contributed by atoms with Gasteiger partial charge >= 0.3 is 12.1 Å². The van der Waals surface area contributed by atoms with Crippen LogP contribution in [0.1, 0.15) is 18.4 Å². The molecule has 8 nitrogen and oxygen atoms in total. The molecule has 162 valence electrons. The lowest BCUT2D eigenvalue weighted by Gasteiger charge is -2.34. The molecule has 3 atom stereocenters. The van der Waals surface area contributed by atoms with E-state index in [0.29, 0.717) is 11.8 Å². The molecule has 1 aromatic rings. The minimum atomic E-state index is -5.08. The lowest BCUT2D eigenvalue weighted by atomic mass is 9.91. The highest BCUT2D eigenvalue weighted by Gasteiger charge is 2.41. The molecule has 0 radical (unpaired) electrons. The minimum Gasteiger partial charge on any atom is -0.481 e. The largest absolute Gasteiger partial charge is 0.490 e. The molecule has 2 aliphatic heterocycles. The second-order valence-electron chi connectivity index (χ2n) is 6.77. The Morgan fingerprint density at radius 2 is 2.14 bits per heavy atom. The number of hydrogen-bond acceptors (Lipinski definition) is 6. The Morgan fingerprint density at radius 3 is 2.72 bits per heavy atom. The van der Waals surface area contributed by atoms with Gasteiger partial charge in [-0.15, -0.1) is 0 Å². The Bertz CT molecular complexity index is 716. The number of aliphatic carboxylic acids is 1. The predicted molar refractivity (Wildman–Crippen MR) is 95.2 cm³/mol. The van der Waals surface area contributed by atoms with Gasteiger partial charge in [0.1, 0.15) is 6.10 Å². The Labute approximate surface area is 166 Å². The van der Waals surface area contributed by atoms with Gasteiger partial charge in [0.15, 0.2) is 0 Å². The fourth-order valence-electron chi connectivity index (χ4n) is 3.44. The van der Waals surface area contributed by atoms with E-state index in [9.17, 15) is 18.0 Å². The van der Waals surface area contributed by atoms with Crippen LogP contribution in [-0.4, -0.2) is 72.5 Å². The first-order valence-electron chi connectivity index (χ1n) is 9.03. The number of aromatic nitrogens is 1.